The number of ether oxygens (including phenoxy) is 1. The van der Waals surface area contributed by atoms with Gasteiger partial charge in [0.05, 0.1) is 44.5 Å². The van der Waals surface area contributed by atoms with Gasteiger partial charge in [0.15, 0.2) is 0 Å². The molecule has 10 aromatic carbocycles. The molecule has 0 aliphatic heterocycles. The zero-order chi connectivity index (χ0) is 56.8. The van der Waals surface area contributed by atoms with Crippen LogP contribution >= 0.6 is 0 Å². The van der Waals surface area contributed by atoms with Gasteiger partial charge < -0.3 is 9.15 Å². The van der Waals surface area contributed by atoms with Gasteiger partial charge in [0.1, 0.15) is 34.3 Å². The van der Waals surface area contributed by atoms with Gasteiger partial charge in [-0.1, -0.05) is 171 Å². The van der Waals surface area contributed by atoms with Gasteiger partial charge in [-0.3, -0.25) is 14.1 Å². The third kappa shape index (κ3) is 8.85. The lowest BCUT2D eigenvalue weighted by molar-refractivity contribution is 0.483. The minimum absolute atomic E-state index is 0.181. The lowest BCUT2D eigenvalue weighted by Gasteiger charge is -2.24. The van der Waals surface area contributed by atoms with Crippen LogP contribution in [0.1, 0.15) is 107 Å². The molecule has 4 aromatic heterocycles. The van der Waals surface area contributed by atoms with Gasteiger partial charge in [-0.2, -0.15) is 0 Å². The first-order valence-electron chi connectivity index (χ1n) is 29.3. The lowest BCUT2D eigenvalue weighted by atomic mass is 9.88. The zero-order valence-corrected chi connectivity index (χ0v) is 48.5. The van der Waals surface area contributed by atoms with Crippen LogP contribution in [-0.4, -0.2) is 24.1 Å². The number of aromatic nitrogens is 5. The number of fused-ring (bicyclic) bond motifs is 9. The Hall–Kier alpha value is -9.59. The van der Waals surface area contributed by atoms with Gasteiger partial charge in [0, 0.05) is 32.8 Å². The summed E-state index contributed by atoms with van der Waals surface area (Å²) >= 11 is 0. The second-order valence-corrected chi connectivity index (χ2v) is 23.6. The van der Waals surface area contributed by atoms with Crippen LogP contribution in [0.5, 0.6) is 11.5 Å². The Morgan fingerprint density at radius 3 is 1.46 bits per heavy atom. The Morgan fingerprint density at radius 1 is 0.373 bits per heavy atom. The molecule has 0 amide bonds. The summed E-state index contributed by atoms with van der Waals surface area (Å²) < 4.78 is 19.5. The van der Waals surface area contributed by atoms with Crippen LogP contribution in [-0.2, 0) is 0 Å². The number of hydrogen-bond acceptors (Lipinski definition) is 5. The largest absolute Gasteiger partial charge is 0.457 e. The van der Waals surface area contributed by atoms with Crippen molar-refractivity contribution in [3.8, 4) is 67.9 Å². The molecule has 0 spiro atoms. The average Bonchev–Trinajstić information content (AvgIpc) is 3.95. The molecule has 0 fully saturated rings. The van der Waals surface area contributed by atoms with E-state index in [9.17, 15) is 0 Å². The summed E-state index contributed by atoms with van der Waals surface area (Å²) in [6, 6.07) is 73.6. The standard InChI is InChI=1S/C76H65N5O2/c1-44(2)59-38-53(49-21-12-10-13-22-49)39-60(45(3)4)71(59)80-68-29-18-16-27-66(68)78-75(80)52-25-20-26-55(37-52)82-56-42-63-57-35-32-51-33-36-65-58(34-31-48(9)77-65)70(51)74(57)83-73(63)64(43-56)76-79-67-28-17-19-30-69(67)81(76)72-61(46(5)6)40-54(41-62(72)47(7)8)50-23-14-11-15-24-50/h10-47H,1-9H3. The highest BCUT2D eigenvalue weighted by Crippen LogP contribution is 2.47. The van der Waals surface area contributed by atoms with Gasteiger partial charge in [-0.15, -0.1) is 0 Å². The molecule has 0 saturated carbocycles. The van der Waals surface area contributed by atoms with E-state index in [2.05, 4.69) is 265 Å². The van der Waals surface area contributed by atoms with Crippen molar-refractivity contribution in [3.63, 3.8) is 0 Å². The predicted molar refractivity (Wildman–Crippen MR) is 345 cm³/mol. The third-order valence-electron chi connectivity index (χ3n) is 16.7. The summed E-state index contributed by atoms with van der Waals surface area (Å²) in [5.74, 6) is 3.77. The number of imidazole rings is 2. The van der Waals surface area contributed by atoms with Crippen LogP contribution in [0.15, 0.2) is 211 Å². The van der Waals surface area contributed by atoms with Gasteiger partial charge >= 0.3 is 0 Å². The zero-order valence-electron chi connectivity index (χ0n) is 48.5. The molecule has 7 nitrogen and oxygen atoms in total. The minimum Gasteiger partial charge on any atom is -0.457 e. The molecule has 14 aromatic rings. The normalized spacial score (nSPS) is 12.1. The predicted octanol–water partition coefficient (Wildman–Crippen LogP) is 21.2. The molecule has 0 N–H and O–H groups in total. The SMILES string of the molecule is Cc1ccc2c(ccc3ccc4c5cc(Oc6cccc(-c7nc8ccccc8n7-c7c(C(C)C)cc(-c8ccccc8)cc7C(C)C)c6)cc(-c6nc7ccccc7n6-c6c(C(C)C)cc(-c7ccccc7)cc6C(C)C)c5oc4c32)n1. The number of benzene rings is 10. The van der Waals surface area contributed by atoms with Gasteiger partial charge in [-0.25, -0.2) is 9.97 Å². The number of para-hydroxylation sites is 4. The van der Waals surface area contributed by atoms with Crippen molar-refractivity contribution in [2.75, 3.05) is 0 Å². The number of furan rings is 1. The fraction of sp³-hybridized carbons (Fsp3) is 0.171. The highest BCUT2D eigenvalue weighted by molar-refractivity contribution is 6.23. The number of hydrogen-bond donors (Lipinski definition) is 0. The van der Waals surface area contributed by atoms with Crippen molar-refractivity contribution in [2.45, 2.75) is 86.0 Å². The Labute approximate surface area is 484 Å². The van der Waals surface area contributed by atoms with Crippen molar-refractivity contribution in [1.29, 1.82) is 0 Å². The molecule has 406 valence electrons. The number of pyridine rings is 1. The van der Waals surface area contributed by atoms with Crippen molar-refractivity contribution in [1.82, 2.24) is 24.1 Å². The van der Waals surface area contributed by atoms with Gasteiger partial charge in [0.2, 0.25) is 0 Å². The van der Waals surface area contributed by atoms with E-state index in [-0.39, 0.29) is 23.7 Å². The first-order chi connectivity index (χ1) is 40.4. The maximum Gasteiger partial charge on any atom is 0.149 e. The van der Waals surface area contributed by atoms with Gasteiger partial charge in [0.25, 0.3) is 0 Å². The monoisotopic (exact) mass is 1080 g/mol. The molecular formula is C76H65N5O2. The second-order valence-electron chi connectivity index (χ2n) is 23.6. The maximum atomic E-state index is 7.41. The topological polar surface area (TPSA) is 70.9 Å². The van der Waals surface area contributed by atoms with E-state index in [1.165, 1.54) is 50.2 Å². The first-order valence-corrected chi connectivity index (χ1v) is 29.3. The van der Waals surface area contributed by atoms with E-state index in [0.29, 0.717) is 11.5 Å². The summed E-state index contributed by atoms with van der Waals surface area (Å²) in [6.45, 7) is 20.4. The van der Waals surface area contributed by atoms with E-state index < -0.39 is 0 Å². The molecule has 0 radical (unpaired) electrons. The average molecular weight is 1080 g/mol. The Bertz CT molecular complexity index is 4790. The third-order valence-corrected chi connectivity index (χ3v) is 16.7. The molecule has 83 heavy (non-hydrogen) atoms. The van der Waals surface area contributed by atoms with Crippen LogP contribution in [0.3, 0.4) is 0 Å². The molecular weight excluding hydrogens is 1010 g/mol. The van der Waals surface area contributed by atoms with Crippen LogP contribution in [0.2, 0.25) is 0 Å². The van der Waals surface area contributed by atoms with E-state index in [1.54, 1.807) is 0 Å². The fourth-order valence-electron chi connectivity index (χ4n) is 12.6. The number of aryl methyl sites for hydroxylation is 1. The summed E-state index contributed by atoms with van der Waals surface area (Å²) in [5.41, 5.74) is 21.2. The van der Waals surface area contributed by atoms with Crippen LogP contribution in [0.4, 0.5) is 0 Å². The number of rotatable bonds is 12. The second kappa shape index (κ2) is 20.4. The quantitative estimate of drug-likeness (QED) is 0.114. The summed E-state index contributed by atoms with van der Waals surface area (Å²) in [7, 11) is 0. The van der Waals surface area contributed by atoms with Crippen LogP contribution in [0.25, 0.3) is 122 Å². The molecule has 0 saturated heterocycles. The summed E-state index contributed by atoms with van der Waals surface area (Å²) in [4.78, 5) is 16.1. The smallest absolute Gasteiger partial charge is 0.149 e. The summed E-state index contributed by atoms with van der Waals surface area (Å²) in [5, 5.41) is 5.06. The lowest BCUT2D eigenvalue weighted by Crippen LogP contribution is -2.09. The molecule has 0 bridgehead atoms. The maximum absolute atomic E-state index is 7.41. The molecule has 0 atom stereocenters. The van der Waals surface area contributed by atoms with E-state index >= 15 is 0 Å². The molecule has 0 unspecified atom stereocenters. The first kappa shape index (κ1) is 51.5. The van der Waals surface area contributed by atoms with E-state index in [1.807, 2.05) is 13.0 Å². The molecule has 4 heterocycles. The van der Waals surface area contributed by atoms with E-state index in [4.69, 9.17) is 24.1 Å². The Morgan fingerprint density at radius 2 is 0.880 bits per heavy atom. The highest BCUT2D eigenvalue weighted by atomic mass is 16.5. The van der Waals surface area contributed by atoms with Crippen LogP contribution < -0.4 is 4.74 Å². The molecule has 0 aliphatic carbocycles. The molecule has 14 rings (SSSR count). The summed E-state index contributed by atoms with van der Waals surface area (Å²) in [6.07, 6.45) is 0. The Kier molecular flexibility index (Phi) is 12.7. The van der Waals surface area contributed by atoms with Crippen molar-refractivity contribution >= 4 is 65.7 Å². The molecule has 0 aliphatic rings. The fourth-order valence-corrected chi connectivity index (χ4v) is 12.6. The minimum atomic E-state index is 0.181. The van der Waals surface area contributed by atoms with Crippen molar-refractivity contribution in [3.05, 3.63) is 234 Å². The van der Waals surface area contributed by atoms with E-state index in [0.717, 1.165) is 99.8 Å². The highest BCUT2D eigenvalue weighted by Gasteiger charge is 2.29. The molecule has 7 heteroatoms. The van der Waals surface area contributed by atoms with Crippen LogP contribution in [0, 0.1) is 6.92 Å². The van der Waals surface area contributed by atoms with Crippen molar-refractivity contribution < 1.29 is 9.15 Å². The Balaban J connectivity index is 1.000. The van der Waals surface area contributed by atoms with Crippen molar-refractivity contribution in [2.24, 2.45) is 0 Å². The van der Waals surface area contributed by atoms with Gasteiger partial charge in [-0.05, 0) is 171 Å². The number of nitrogens with zero attached hydrogens (tertiary/aromatic N) is 5.